The highest BCUT2D eigenvalue weighted by molar-refractivity contribution is 14.1. The fourth-order valence-corrected chi connectivity index (χ4v) is 1.70. The molecule has 72 valence electrons. The second-order valence-corrected chi connectivity index (χ2v) is 4.26. The quantitative estimate of drug-likeness (QED) is 0.765. The monoisotopic (exact) mass is 290 g/mol. The molecule has 1 aromatic carbocycles. The molecule has 0 aromatic heterocycles. The molecule has 0 aliphatic carbocycles. The first-order chi connectivity index (χ1) is 6.26. The standard InChI is InChI=1S/C11H15IO/c1-3-10(4-2)13-11-7-5-6-9(12)8-11/h5-8,10H,3-4H2,1-2H3. The average Bonchev–Trinajstić information content (AvgIpc) is 2.14. The van der Waals surface area contributed by atoms with E-state index in [4.69, 9.17) is 4.74 Å². The minimum atomic E-state index is 0.359. The summed E-state index contributed by atoms with van der Waals surface area (Å²) in [6.07, 6.45) is 2.50. The lowest BCUT2D eigenvalue weighted by atomic mass is 10.2. The fraction of sp³-hybridized carbons (Fsp3) is 0.455. The van der Waals surface area contributed by atoms with Gasteiger partial charge in [-0.2, -0.15) is 0 Å². The van der Waals surface area contributed by atoms with Gasteiger partial charge in [-0.1, -0.05) is 19.9 Å². The van der Waals surface area contributed by atoms with Crippen LogP contribution < -0.4 is 4.74 Å². The van der Waals surface area contributed by atoms with Gasteiger partial charge < -0.3 is 4.74 Å². The molecule has 13 heavy (non-hydrogen) atoms. The second kappa shape index (κ2) is 5.47. The van der Waals surface area contributed by atoms with Crippen LogP contribution in [-0.2, 0) is 0 Å². The molecular weight excluding hydrogens is 275 g/mol. The van der Waals surface area contributed by atoms with Crippen molar-refractivity contribution in [1.29, 1.82) is 0 Å². The molecule has 0 saturated heterocycles. The van der Waals surface area contributed by atoms with Crippen molar-refractivity contribution < 1.29 is 4.74 Å². The molecule has 1 rings (SSSR count). The van der Waals surface area contributed by atoms with Crippen LogP contribution in [0.1, 0.15) is 26.7 Å². The number of rotatable bonds is 4. The first kappa shape index (κ1) is 10.8. The molecule has 0 radical (unpaired) electrons. The molecule has 0 unspecified atom stereocenters. The third-order valence-electron chi connectivity index (χ3n) is 2.01. The molecule has 0 atom stereocenters. The van der Waals surface area contributed by atoms with E-state index in [1.165, 1.54) is 3.57 Å². The van der Waals surface area contributed by atoms with Gasteiger partial charge in [0, 0.05) is 3.57 Å². The van der Waals surface area contributed by atoms with Crippen molar-refractivity contribution in [3.8, 4) is 5.75 Å². The summed E-state index contributed by atoms with van der Waals surface area (Å²) in [5.74, 6) is 0.987. The third-order valence-corrected chi connectivity index (χ3v) is 2.68. The van der Waals surface area contributed by atoms with Gasteiger partial charge in [0.05, 0.1) is 6.10 Å². The van der Waals surface area contributed by atoms with Gasteiger partial charge in [0.15, 0.2) is 0 Å². The highest BCUT2D eigenvalue weighted by atomic mass is 127. The van der Waals surface area contributed by atoms with Crippen LogP contribution in [-0.4, -0.2) is 6.10 Å². The molecule has 0 N–H and O–H groups in total. The smallest absolute Gasteiger partial charge is 0.120 e. The number of hydrogen-bond acceptors (Lipinski definition) is 1. The van der Waals surface area contributed by atoms with Gasteiger partial charge in [0.25, 0.3) is 0 Å². The summed E-state index contributed by atoms with van der Waals surface area (Å²) in [7, 11) is 0. The first-order valence-electron chi connectivity index (χ1n) is 4.68. The second-order valence-electron chi connectivity index (χ2n) is 3.01. The highest BCUT2D eigenvalue weighted by Gasteiger charge is 2.04. The first-order valence-corrected chi connectivity index (χ1v) is 5.76. The molecule has 0 saturated carbocycles. The lowest BCUT2D eigenvalue weighted by molar-refractivity contribution is 0.193. The number of halogens is 1. The van der Waals surface area contributed by atoms with Crippen molar-refractivity contribution in [2.45, 2.75) is 32.8 Å². The van der Waals surface area contributed by atoms with Gasteiger partial charge in [-0.15, -0.1) is 0 Å². The highest BCUT2D eigenvalue weighted by Crippen LogP contribution is 2.17. The van der Waals surface area contributed by atoms with Gasteiger partial charge in [0.1, 0.15) is 5.75 Å². The lowest BCUT2D eigenvalue weighted by Crippen LogP contribution is -2.13. The summed E-state index contributed by atoms with van der Waals surface area (Å²) in [5, 5.41) is 0. The Morgan fingerprint density at radius 2 is 2.00 bits per heavy atom. The van der Waals surface area contributed by atoms with Crippen molar-refractivity contribution >= 4 is 22.6 Å². The predicted molar refractivity (Wildman–Crippen MR) is 64.2 cm³/mol. The van der Waals surface area contributed by atoms with E-state index < -0.39 is 0 Å². The van der Waals surface area contributed by atoms with E-state index in [1.54, 1.807) is 0 Å². The van der Waals surface area contributed by atoms with Gasteiger partial charge in [-0.3, -0.25) is 0 Å². The molecular formula is C11H15IO. The van der Waals surface area contributed by atoms with Crippen LogP contribution in [0.3, 0.4) is 0 Å². The lowest BCUT2D eigenvalue weighted by Gasteiger charge is -2.15. The Morgan fingerprint density at radius 1 is 1.31 bits per heavy atom. The van der Waals surface area contributed by atoms with E-state index in [-0.39, 0.29) is 0 Å². The van der Waals surface area contributed by atoms with Crippen LogP contribution in [0.25, 0.3) is 0 Å². The van der Waals surface area contributed by atoms with Crippen molar-refractivity contribution in [3.63, 3.8) is 0 Å². The van der Waals surface area contributed by atoms with Crippen LogP contribution in [0.5, 0.6) is 5.75 Å². The molecule has 0 aliphatic heterocycles. The summed E-state index contributed by atoms with van der Waals surface area (Å²) >= 11 is 2.30. The maximum atomic E-state index is 5.79. The summed E-state index contributed by atoms with van der Waals surface area (Å²) in [5.41, 5.74) is 0. The molecule has 2 heteroatoms. The zero-order valence-corrected chi connectivity index (χ0v) is 10.2. The normalized spacial score (nSPS) is 10.5. The minimum Gasteiger partial charge on any atom is -0.490 e. The van der Waals surface area contributed by atoms with E-state index in [2.05, 4.69) is 48.6 Å². The Morgan fingerprint density at radius 3 is 2.54 bits per heavy atom. The van der Waals surface area contributed by atoms with Gasteiger partial charge >= 0.3 is 0 Å². The van der Waals surface area contributed by atoms with E-state index in [0.29, 0.717) is 6.10 Å². The predicted octanol–water partition coefficient (Wildman–Crippen LogP) is 3.86. The van der Waals surface area contributed by atoms with Crippen LogP contribution in [0, 0.1) is 3.57 Å². The van der Waals surface area contributed by atoms with E-state index in [1.807, 2.05) is 12.1 Å². The average molecular weight is 290 g/mol. The van der Waals surface area contributed by atoms with Gasteiger partial charge in [-0.25, -0.2) is 0 Å². The molecule has 0 heterocycles. The maximum Gasteiger partial charge on any atom is 0.120 e. The summed E-state index contributed by atoms with van der Waals surface area (Å²) in [4.78, 5) is 0. The van der Waals surface area contributed by atoms with E-state index in [0.717, 1.165) is 18.6 Å². The number of ether oxygens (including phenoxy) is 1. The molecule has 0 aliphatic rings. The molecule has 0 bridgehead atoms. The topological polar surface area (TPSA) is 9.23 Å². The third kappa shape index (κ3) is 3.55. The van der Waals surface area contributed by atoms with Crippen LogP contribution >= 0.6 is 22.6 Å². The SMILES string of the molecule is CCC(CC)Oc1cccc(I)c1. The maximum absolute atomic E-state index is 5.79. The van der Waals surface area contributed by atoms with Crippen LogP contribution in [0.15, 0.2) is 24.3 Å². The summed E-state index contributed by atoms with van der Waals surface area (Å²) in [6.45, 7) is 4.31. The Hall–Kier alpha value is -0.250. The van der Waals surface area contributed by atoms with Crippen molar-refractivity contribution in [3.05, 3.63) is 27.8 Å². The zero-order chi connectivity index (χ0) is 9.68. The van der Waals surface area contributed by atoms with Gasteiger partial charge in [0.2, 0.25) is 0 Å². The Labute approximate surface area is 93.6 Å². The Balaban J connectivity index is 2.62. The van der Waals surface area contributed by atoms with Crippen molar-refractivity contribution in [2.24, 2.45) is 0 Å². The van der Waals surface area contributed by atoms with E-state index >= 15 is 0 Å². The van der Waals surface area contributed by atoms with Crippen LogP contribution in [0.2, 0.25) is 0 Å². The van der Waals surface area contributed by atoms with E-state index in [9.17, 15) is 0 Å². The molecule has 0 spiro atoms. The molecule has 1 nitrogen and oxygen atoms in total. The summed E-state index contributed by atoms with van der Waals surface area (Å²) < 4.78 is 7.01. The number of benzene rings is 1. The number of hydrogen-bond donors (Lipinski definition) is 0. The molecule has 0 amide bonds. The zero-order valence-electron chi connectivity index (χ0n) is 8.09. The summed E-state index contributed by atoms with van der Waals surface area (Å²) in [6, 6.07) is 8.18. The Kier molecular flexibility index (Phi) is 4.56. The molecule has 0 fully saturated rings. The fourth-order valence-electron chi connectivity index (χ4n) is 1.19. The largest absolute Gasteiger partial charge is 0.490 e. The Bertz CT molecular complexity index is 256. The van der Waals surface area contributed by atoms with Crippen molar-refractivity contribution in [1.82, 2.24) is 0 Å². The van der Waals surface area contributed by atoms with Crippen LogP contribution in [0.4, 0.5) is 0 Å². The minimum absolute atomic E-state index is 0.359. The van der Waals surface area contributed by atoms with Crippen molar-refractivity contribution in [2.75, 3.05) is 0 Å². The molecule has 1 aromatic rings. The van der Waals surface area contributed by atoms with Gasteiger partial charge in [-0.05, 0) is 53.6 Å².